The van der Waals surface area contributed by atoms with Gasteiger partial charge < -0.3 is 15.2 Å². The largest absolute Gasteiger partial charge is 0.462 e. The highest BCUT2D eigenvalue weighted by atomic mass is 19.1. The van der Waals surface area contributed by atoms with E-state index in [0.29, 0.717) is 13.2 Å². The first-order valence-electron chi connectivity index (χ1n) is 5.57. The highest BCUT2D eigenvalue weighted by molar-refractivity contribution is 5.90. The molecule has 0 bridgehead atoms. The van der Waals surface area contributed by atoms with Crippen LogP contribution in [0.25, 0.3) is 0 Å². The third kappa shape index (κ3) is 2.76. The van der Waals surface area contributed by atoms with Gasteiger partial charge in [0.25, 0.3) is 0 Å². The summed E-state index contributed by atoms with van der Waals surface area (Å²) in [7, 11) is 0. The molecule has 0 aliphatic carbocycles. The minimum atomic E-state index is -1.02. The van der Waals surface area contributed by atoms with Gasteiger partial charge in [0.1, 0.15) is 17.2 Å². The van der Waals surface area contributed by atoms with Gasteiger partial charge in [0.05, 0.1) is 13.2 Å². The zero-order chi connectivity index (χ0) is 13.1. The molecule has 1 aliphatic rings. The van der Waals surface area contributed by atoms with Crippen LogP contribution in [-0.4, -0.2) is 25.8 Å². The Morgan fingerprint density at radius 3 is 2.67 bits per heavy atom. The maximum atomic E-state index is 13.4. The van der Waals surface area contributed by atoms with Crippen molar-refractivity contribution in [3.63, 3.8) is 0 Å². The van der Waals surface area contributed by atoms with Crippen LogP contribution in [0.4, 0.5) is 14.5 Å². The second-order valence-electron chi connectivity index (χ2n) is 4.19. The van der Waals surface area contributed by atoms with Crippen molar-refractivity contribution < 1.29 is 23.0 Å². The maximum absolute atomic E-state index is 13.4. The van der Waals surface area contributed by atoms with Crippen molar-refractivity contribution in [1.29, 1.82) is 0 Å². The molecular formula is C12H13F2NO3. The minimum Gasteiger partial charge on any atom is -0.462 e. The van der Waals surface area contributed by atoms with Crippen LogP contribution in [0.15, 0.2) is 12.1 Å². The number of carbonyl (C=O) groups is 1. The van der Waals surface area contributed by atoms with Crippen LogP contribution in [-0.2, 0) is 9.47 Å². The normalized spacial score (nSPS) is 18.9. The molecule has 4 nitrogen and oxygen atoms in total. The lowest BCUT2D eigenvalue weighted by atomic mass is 10.1. The predicted molar refractivity (Wildman–Crippen MR) is 60.0 cm³/mol. The van der Waals surface area contributed by atoms with Crippen LogP contribution in [0.2, 0.25) is 0 Å². The van der Waals surface area contributed by atoms with Gasteiger partial charge in [-0.1, -0.05) is 0 Å². The van der Waals surface area contributed by atoms with E-state index in [1.165, 1.54) is 0 Å². The van der Waals surface area contributed by atoms with Crippen molar-refractivity contribution in [2.24, 2.45) is 5.92 Å². The van der Waals surface area contributed by atoms with Gasteiger partial charge in [-0.15, -0.1) is 0 Å². The topological polar surface area (TPSA) is 61.6 Å². The molecule has 98 valence electrons. The summed E-state index contributed by atoms with van der Waals surface area (Å²) in [6.45, 7) is 1.22. The van der Waals surface area contributed by atoms with Crippen molar-refractivity contribution in [3.8, 4) is 0 Å². The highest BCUT2D eigenvalue weighted by Crippen LogP contribution is 2.19. The number of rotatable bonds is 3. The third-order valence-electron chi connectivity index (χ3n) is 2.74. The van der Waals surface area contributed by atoms with Gasteiger partial charge in [0.2, 0.25) is 0 Å². The molecule has 2 rings (SSSR count). The summed E-state index contributed by atoms with van der Waals surface area (Å²) < 4.78 is 36.8. The van der Waals surface area contributed by atoms with E-state index < -0.39 is 23.2 Å². The smallest absolute Gasteiger partial charge is 0.344 e. The molecule has 1 aromatic carbocycles. The molecule has 6 heteroatoms. The summed E-state index contributed by atoms with van der Waals surface area (Å²) in [5.41, 5.74) is 4.47. The Labute approximate surface area is 103 Å². The quantitative estimate of drug-likeness (QED) is 0.661. The zero-order valence-electron chi connectivity index (χ0n) is 9.62. The molecule has 0 saturated carbocycles. The summed E-state index contributed by atoms with van der Waals surface area (Å²) in [4.78, 5) is 11.6. The number of anilines is 1. The predicted octanol–water partition coefficient (Wildman–Crippen LogP) is 1.74. The van der Waals surface area contributed by atoms with Crippen LogP contribution in [0.3, 0.4) is 0 Å². The molecule has 1 heterocycles. The molecule has 1 aromatic rings. The first-order valence-corrected chi connectivity index (χ1v) is 5.57. The minimum absolute atomic E-state index is 0.0780. The first kappa shape index (κ1) is 12.8. The van der Waals surface area contributed by atoms with Gasteiger partial charge in [0.15, 0.2) is 0 Å². The SMILES string of the molecule is Nc1cc(F)c(C(=O)OCC2CCOC2)c(F)c1. The molecule has 1 fully saturated rings. The van der Waals surface area contributed by atoms with E-state index in [1.807, 2.05) is 0 Å². The van der Waals surface area contributed by atoms with Crippen LogP contribution >= 0.6 is 0 Å². The molecular weight excluding hydrogens is 244 g/mol. The monoisotopic (exact) mass is 257 g/mol. The van der Waals surface area contributed by atoms with Crippen LogP contribution in [0, 0.1) is 17.6 Å². The van der Waals surface area contributed by atoms with E-state index in [1.54, 1.807) is 0 Å². The lowest BCUT2D eigenvalue weighted by molar-refractivity contribution is 0.0417. The lowest BCUT2D eigenvalue weighted by Crippen LogP contribution is -2.16. The molecule has 18 heavy (non-hydrogen) atoms. The van der Waals surface area contributed by atoms with Crippen molar-refractivity contribution in [2.45, 2.75) is 6.42 Å². The Morgan fingerprint density at radius 1 is 1.44 bits per heavy atom. The Hall–Kier alpha value is -1.69. The molecule has 0 amide bonds. The number of nitrogen functional groups attached to an aromatic ring is 1. The summed E-state index contributed by atoms with van der Waals surface area (Å²) in [5, 5.41) is 0. The summed E-state index contributed by atoms with van der Waals surface area (Å²) in [5.74, 6) is -2.95. The van der Waals surface area contributed by atoms with E-state index in [-0.39, 0.29) is 18.2 Å². The van der Waals surface area contributed by atoms with Crippen molar-refractivity contribution in [3.05, 3.63) is 29.3 Å². The van der Waals surface area contributed by atoms with Gasteiger partial charge in [-0.25, -0.2) is 13.6 Å². The molecule has 0 radical (unpaired) electrons. The molecule has 1 unspecified atom stereocenters. The van der Waals surface area contributed by atoms with E-state index >= 15 is 0 Å². The van der Waals surface area contributed by atoms with Gasteiger partial charge in [-0.05, 0) is 18.6 Å². The number of benzene rings is 1. The van der Waals surface area contributed by atoms with E-state index in [0.717, 1.165) is 18.6 Å². The summed E-state index contributed by atoms with van der Waals surface area (Å²) in [6, 6.07) is 1.77. The lowest BCUT2D eigenvalue weighted by Gasteiger charge is -2.10. The second-order valence-corrected chi connectivity index (χ2v) is 4.19. The fourth-order valence-corrected chi connectivity index (χ4v) is 1.77. The van der Waals surface area contributed by atoms with Crippen LogP contribution < -0.4 is 5.73 Å². The number of nitrogens with two attached hydrogens (primary N) is 1. The van der Waals surface area contributed by atoms with E-state index in [4.69, 9.17) is 15.2 Å². The molecule has 0 aromatic heterocycles. The van der Waals surface area contributed by atoms with Gasteiger partial charge in [-0.2, -0.15) is 0 Å². The summed E-state index contributed by atoms with van der Waals surface area (Å²) >= 11 is 0. The average Bonchev–Trinajstić information content (AvgIpc) is 2.77. The molecule has 1 aliphatic heterocycles. The molecule has 2 N–H and O–H groups in total. The first-order chi connectivity index (χ1) is 8.58. The third-order valence-corrected chi connectivity index (χ3v) is 2.74. The number of hydrogen-bond acceptors (Lipinski definition) is 4. The van der Waals surface area contributed by atoms with Crippen molar-refractivity contribution in [1.82, 2.24) is 0 Å². The van der Waals surface area contributed by atoms with Crippen molar-refractivity contribution in [2.75, 3.05) is 25.6 Å². The fourth-order valence-electron chi connectivity index (χ4n) is 1.77. The zero-order valence-corrected chi connectivity index (χ0v) is 9.62. The Bertz CT molecular complexity index is 436. The standard InChI is InChI=1S/C12H13F2NO3/c13-9-3-8(15)4-10(14)11(9)12(16)18-6-7-1-2-17-5-7/h3-4,7H,1-2,5-6,15H2. The number of esters is 1. The van der Waals surface area contributed by atoms with Gasteiger partial charge in [-0.3, -0.25) is 0 Å². The van der Waals surface area contributed by atoms with Crippen LogP contribution in [0.1, 0.15) is 16.8 Å². The maximum Gasteiger partial charge on any atom is 0.344 e. The molecule has 1 saturated heterocycles. The summed E-state index contributed by atoms with van der Waals surface area (Å²) in [6.07, 6.45) is 0.778. The highest BCUT2D eigenvalue weighted by Gasteiger charge is 2.22. The molecule has 0 spiro atoms. The second kappa shape index (κ2) is 5.30. The van der Waals surface area contributed by atoms with Gasteiger partial charge >= 0.3 is 5.97 Å². The molecule has 1 atom stereocenters. The van der Waals surface area contributed by atoms with E-state index in [9.17, 15) is 13.6 Å². The van der Waals surface area contributed by atoms with Crippen molar-refractivity contribution >= 4 is 11.7 Å². The number of ether oxygens (including phenoxy) is 2. The number of hydrogen-bond donors (Lipinski definition) is 1. The Kier molecular flexibility index (Phi) is 3.76. The van der Waals surface area contributed by atoms with Gasteiger partial charge in [0, 0.05) is 18.2 Å². The number of carbonyl (C=O) groups excluding carboxylic acids is 1. The Balaban J connectivity index is 2.04. The number of halogens is 2. The fraction of sp³-hybridized carbons (Fsp3) is 0.417. The Morgan fingerprint density at radius 2 is 2.11 bits per heavy atom. The van der Waals surface area contributed by atoms with Crippen LogP contribution in [0.5, 0.6) is 0 Å². The average molecular weight is 257 g/mol. The van der Waals surface area contributed by atoms with E-state index in [2.05, 4.69) is 0 Å².